The number of carbonyl (C=O) groups is 1. The van der Waals surface area contributed by atoms with Crippen molar-refractivity contribution in [3.05, 3.63) is 54.1 Å². The smallest absolute Gasteiger partial charge is 0.330 e. The first kappa shape index (κ1) is 11.4. The zero-order valence-electron chi connectivity index (χ0n) is 9.94. The summed E-state index contributed by atoms with van der Waals surface area (Å²) >= 11 is 0. The number of esters is 1. The SMILES string of the molecule is COC(=O)/C=C(/C)c1cccc2ccccc12. The standard InChI is InChI=1S/C15H14O2/c1-11(10-15(16)17-2)13-9-5-7-12-6-3-4-8-14(12)13/h3-10H,1-2H3/b11-10-. The number of allylic oxidation sites excluding steroid dienone is 1. The normalized spacial score (nSPS) is 11.5. The highest BCUT2D eigenvalue weighted by Crippen LogP contribution is 2.24. The Balaban J connectivity index is 2.56. The van der Waals surface area contributed by atoms with E-state index in [2.05, 4.69) is 22.9 Å². The minimum absolute atomic E-state index is 0.324. The van der Waals surface area contributed by atoms with Crippen molar-refractivity contribution in [3.63, 3.8) is 0 Å². The fraction of sp³-hybridized carbons (Fsp3) is 0.133. The summed E-state index contributed by atoms with van der Waals surface area (Å²) in [5, 5.41) is 2.32. The quantitative estimate of drug-likeness (QED) is 0.579. The Morgan fingerprint density at radius 2 is 1.82 bits per heavy atom. The van der Waals surface area contributed by atoms with Crippen molar-refractivity contribution >= 4 is 22.3 Å². The number of ether oxygens (including phenoxy) is 1. The molecular weight excluding hydrogens is 212 g/mol. The number of benzene rings is 2. The third-order valence-corrected chi connectivity index (χ3v) is 2.75. The van der Waals surface area contributed by atoms with Gasteiger partial charge in [-0.1, -0.05) is 42.5 Å². The van der Waals surface area contributed by atoms with E-state index in [1.54, 1.807) is 0 Å². The first-order valence-electron chi connectivity index (χ1n) is 5.47. The summed E-state index contributed by atoms with van der Waals surface area (Å²) in [6.07, 6.45) is 1.52. The van der Waals surface area contributed by atoms with Gasteiger partial charge in [0.2, 0.25) is 0 Å². The highest BCUT2D eigenvalue weighted by molar-refractivity contribution is 5.98. The highest BCUT2D eigenvalue weighted by Gasteiger charge is 2.04. The van der Waals surface area contributed by atoms with Crippen LogP contribution in [-0.2, 0) is 9.53 Å². The van der Waals surface area contributed by atoms with Gasteiger partial charge in [-0.3, -0.25) is 0 Å². The maximum absolute atomic E-state index is 11.2. The van der Waals surface area contributed by atoms with Gasteiger partial charge in [0.05, 0.1) is 7.11 Å². The molecule has 0 unspecified atom stereocenters. The average Bonchev–Trinajstić information content (AvgIpc) is 2.37. The van der Waals surface area contributed by atoms with Gasteiger partial charge >= 0.3 is 5.97 Å². The Morgan fingerprint density at radius 1 is 1.12 bits per heavy atom. The van der Waals surface area contributed by atoms with E-state index in [9.17, 15) is 4.79 Å². The molecule has 0 heterocycles. The van der Waals surface area contributed by atoms with Gasteiger partial charge in [0.25, 0.3) is 0 Å². The molecule has 0 aliphatic heterocycles. The van der Waals surface area contributed by atoms with E-state index in [0.29, 0.717) is 0 Å². The predicted octanol–water partition coefficient (Wildman–Crippen LogP) is 3.42. The number of methoxy groups -OCH3 is 1. The number of carbonyl (C=O) groups excluding carboxylic acids is 1. The fourth-order valence-electron chi connectivity index (χ4n) is 1.88. The first-order valence-corrected chi connectivity index (χ1v) is 5.47. The lowest BCUT2D eigenvalue weighted by Gasteiger charge is -2.06. The van der Waals surface area contributed by atoms with Gasteiger partial charge in [-0.25, -0.2) is 4.79 Å². The summed E-state index contributed by atoms with van der Waals surface area (Å²) < 4.78 is 4.64. The van der Waals surface area contributed by atoms with Crippen LogP contribution < -0.4 is 0 Å². The molecule has 0 aliphatic carbocycles. The molecule has 17 heavy (non-hydrogen) atoms. The fourth-order valence-corrected chi connectivity index (χ4v) is 1.88. The van der Waals surface area contributed by atoms with E-state index in [4.69, 9.17) is 0 Å². The van der Waals surface area contributed by atoms with E-state index < -0.39 is 0 Å². The minimum atomic E-state index is -0.324. The predicted molar refractivity (Wildman–Crippen MR) is 69.6 cm³/mol. The lowest BCUT2D eigenvalue weighted by molar-refractivity contribution is -0.134. The monoisotopic (exact) mass is 226 g/mol. The summed E-state index contributed by atoms with van der Waals surface area (Å²) in [4.78, 5) is 11.2. The molecule has 0 radical (unpaired) electrons. The summed E-state index contributed by atoms with van der Waals surface area (Å²) in [5.41, 5.74) is 1.97. The van der Waals surface area contributed by atoms with Crippen molar-refractivity contribution in [2.24, 2.45) is 0 Å². The lowest BCUT2D eigenvalue weighted by Crippen LogP contribution is -1.96. The molecule has 2 rings (SSSR count). The van der Waals surface area contributed by atoms with Gasteiger partial charge in [-0.2, -0.15) is 0 Å². The van der Waals surface area contributed by atoms with Crippen molar-refractivity contribution < 1.29 is 9.53 Å². The minimum Gasteiger partial charge on any atom is -0.466 e. The van der Waals surface area contributed by atoms with Gasteiger partial charge < -0.3 is 4.74 Å². The van der Waals surface area contributed by atoms with Gasteiger partial charge in [-0.15, -0.1) is 0 Å². The highest BCUT2D eigenvalue weighted by atomic mass is 16.5. The van der Waals surface area contributed by atoms with Crippen LogP contribution in [0.3, 0.4) is 0 Å². The molecule has 0 aromatic heterocycles. The molecule has 2 aromatic carbocycles. The van der Waals surface area contributed by atoms with Crippen molar-refractivity contribution in [3.8, 4) is 0 Å². The van der Waals surface area contributed by atoms with Crippen molar-refractivity contribution in [1.82, 2.24) is 0 Å². The third-order valence-electron chi connectivity index (χ3n) is 2.75. The third kappa shape index (κ3) is 2.36. The van der Waals surface area contributed by atoms with Crippen LogP contribution in [-0.4, -0.2) is 13.1 Å². The Bertz CT molecular complexity index is 577. The van der Waals surface area contributed by atoms with Crippen LogP contribution in [0.2, 0.25) is 0 Å². The Hall–Kier alpha value is -2.09. The molecule has 2 aromatic rings. The second-order valence-corrected chi connectivity index (χ2v) is 3.88. The Kier molecular flexibility index (Phi) is 3.24. The first-order chi connectivity index (χ1) is 8.22. The molecule has 0 saturated heterocycles. The maximum Gasteiger partial charge on any atom is 0.330 e. The van der Waals surface area contributed by atoms with E-state index in [1.165, 1.54) is 18.6 Å². The summed E-state index contributed by atoms with van der Waals surface area (Å²) in [6.45, 7) is 1.92. The zero-order valence-corrected chi connectivity index (χ0v) is 9.94. The van der Waals surface area contributed by atoms with E-state index in [0.717, 1.165) is 16.5 Å². The number of hydrogen-bond acceptors (Lipinski definition) is 2. The van der Waals surface area contributed by atoms with E-state index in [-0.39, 0.29) is 5.97 Å². The van der Waals surface area contributed by atoms with Gasteiger partial charge in [0, 0.05) is 6.08 Å². The van der Waals surface area contributed by atoms with Crippen LogP contribution in [0.5, 0.6) is 0 Å². The second kappa shape index (κ2) is 4.83. The van der Waals surface area contributed by atoms with Crippen LogP contribution in [0.25, 0.3) is 16.3 Å². The van der Waals surface area contributed by atoms with Crippen LogP contribution >= 0.6 is 0 Å². The van der Waals surface area contributed by atoms with Crippen molar-refractivity contribution in [1.29, 1.82) is 0 Å². The van der Waals surface area contributed by atoms with E-state index >= 15 is 0 Å². The van der Waals surface area contributed by atoms with Crippen LogP contribution in [0.15, 0.2) is 48.5 Å². The lowest BCUT2D eigenvalue weighted by atomic mass is 9.99. The van der Waals surface area contributed by atoms with Gasteiger partial charge in [0.1, 0.15) is 0 Å². The molecule has 0 amide bonds. The molecule has 2 heteroatoms. The Labute approximate surface area is 101 Å². The maximum atomic E-state index is 11.2. The molecule has 2 nitrogen and oxygen atoms in total. The van der Waals surface area contributed by atoms with Crippen molar-refractivity contribution in [2.75, 3.05) is 7.11 Å². The van der Waals surface area contributed by atoms with Crippen molar-refractivity contribution in [2.45, 2.75) is 6.92 Å². The average molecular weight is 226 g/mol. The molecule has 0 spiro atoms. The molecule has 0 N–H and O–H groups in total. The summed E-state index contributed by atoms with van der Waals surface area (Å²) in [6, 6.07) is 14.2. The second-order valence-electron chi connectivity index (χ2n) is 3.88. The molecule has 0 atom stereocenters. The zero-order chi connectivity index (χ0) is 12.3. The van der Waals surface area contributed by atoms with E-state index in [1.807, 2.05) is 31.2 Å². The number of fused-ring (bicyclic) bond motifs is 1. The molecule has 0 saturated carbocycles. The van der Waals surface area contributed by atoms with Gasteiger partial charge in [-0.05, 0) is 28.8 Å². The Morgan fingerprint density at radius 3 is 2.59 bits per heavy atom. The molecular formula is C15H14O2. The molecule has 0 bridgehead atoms. The summed E-state index contributed by atoms with van der Waals surface area (Å²) in [7, 11) is 1.38. The van der Waals surface area contributed by atoms with Gasteiger partial charge in [0.15, 0.2) is 0 Å². The summed E-state index contributed by atoms with van der Waals surface area (Å²) in [5.74, 6) is -0.324. The molecule has 0 aliphatic rings. The van der Waals surface area contributed by atoms with Crippen LogP contribution in [0.4, 0.5) is 0 Å². The largest absolute Gasteiger partial charge is 0.466 e. The molecule has 0 fully saturated rings. The number of rotatable bonds is 2. The number of hydrogen-bond donors (Lipinski definition) is 0. The van der Waals surface area contributed by atoms with Crippen LogP contribution in [0.1, 0.15) is 12.5 Å². The topological polar surface area (TPSA) is 26.3 Å². The van der Waals surface area contributed by atoms with Crippen LogP contribution in [0, 0.1) is 0 Å². The molecule has 86 valence electrons.